The SMILES string of the molecule is CCC(=O)c1ccccc1.COC(=O)CC(=O)c1ccccc1C. The minimum Gasteiger partial charge on any atom is -0.469 e. The van der Waals surface area contributed by atoms with E-state index in [9.17, 15) is 14.4 Å². The molecule has 0 spiro atoms. The number of benzene rings is 2. The molecule has 0 bridgehead atoms. The van der Waals surface area contributed by atoms with E-state index in [1.807, 2.05) is 56.3 Å². The topological polar surface area (TPSA) is 60.4 Å². The Morgan fingerprint density at radius 2 is 1.46 bits per heavy atom. The highest BCUT2D eigenvalue weighted by Crippen LogP contribution is 2.09. The third kappa shape index (κ3) is 6.16. The zero-order chi connectivity index (χ0) is 17.9. The molecule has 0 atom stereocenters. The lowest BCUT2D eigenvalue weighted by molar-refractivity contribution is -0.139. The number of methoxy groups -OCH3 is 1. The number of carbonyl (C=O) groups excluding carboxylic acids is 3. The van der Waals surface area contributed by atoms with Gasteiger partial charge >= 0.3 is 5.97 Å². The second-order valence-electron chi connectivity index (χ2n) is 5.13. The Bertz CT molecular complexity index is 690. The highest BCUT2D eigenvalue weighted by molar-refractivity contribution is 6.06. The lowest BCUT2D eigenvalue weighted by Crippen LogP contribution is -2.10. The fourth-order valence-corrected chi connectivity index (χ4v) is 2.01. The predicted octanol–water partition coefficient (Wildman–Crippen LogP) is 4.02. The number of ether oxygens (including phenoxy) is 1. The number of carbonyl (C=O) groups is 3. The monoisotopic (exact) mass is 326 g/mol. The first-order chi connectivity index (χ1) is 11.5. The molecular weight excluding hydrogens is 304 g/mol. The Labute approximate surface area is 142 Å². The van der Waals surface area contributed by atoms with Crippen molar-refractivity contribution in [1.82, 2.24) is 0 Å². The number of Topliss-reactive ketones (excluding diaryl/α,β-unsaturated/α-hetero) is 2. The Morgan fingerprint density at radius 1 is 0.875 bits per heavy atom. The van der Waals surface area contributed by atoms with Crippen LogP contribution in [0.2, 0.25) is 0 Å². The summed E-state index contributed by atoms with van der Waals surface area (Å²) in [5, 5.41) is 0. The van der Waals surface area contributed by atoms with Gasteiger partial charge in [-0.25, -0.2) is 0 Å². The smallest absolute Gasteiger partial charge is 0.313 e. The Hall–Kier alpha value is -2.75. The molecule has 0 aromatic heterocycles. The van der Waals surface area contributed by atoms with Crippen molar-refractivity contribution in [2.45, 2.75) is 26.7 Å². The molecule has 2 aromatic rings. The number of esters is 1. The molecule has 0 aliphatic heterocycles. The molecule has 0 saturated carbocycles. The summed E-state index contributed by atoms with van der Waals surface area (Å²) in [6.45, 7) is 3.71. The van der Waals surface area contributed by atoms with E-state index in [0.29, 0.717) is 12.0 Å². The van der Waals surface area contributed by atoms with Crippen LogP contribution < -0.4 is 0 Å². The largest absolute Gasteiger partial charge is 0.469 e. The Balaban J connectivity index is 0.000000254. The van der Waals surface area contributed by atoms with Gasteiger partial charge in [0.1, 0.15) is 6.42 Å². The molecule has 0 amide bonds. The van der Waals surface area contributed by atoms with Gasteiger partial charge in [0.25, 0.3) is 0 Å². The van der Waals surface area contributed by atoms with E-state index in [1.54, 1.807) is 12.1 Å². The van der Waals surface area contributed by atoms with Gasteiger partial charge in [0.05, 0.1) is 7.11 Å². The summed E-state index contributed by atoms with van der Waals surface area (Å²) in [6.07, 6.45) is 0.394. The molecule has 2 rings (SSSR count). The van der Waals surface area contributed by atoms with Gasteiger partial charge in [-0.2, -0.15) is 0 Å². The van der Waals surface area contributed by atoms with Crippen molar-refractivity contribution in [3.63, 3.8) is 0 Å². The van der Waals surface area contributed by atoms with Crippen molar-refractivity contribution in [1.29, 1.82) is 0 Å². The summed E-state index contributed by atoms with van der Waals surface area (Å²) in [5.41, 5.74) is 2.27. The zero-order valence-electron chi connectivity index (χ0n) is 14.2. The molecule has 0 saturated heterocycles. The molecule has 0 N–H and O–H groups in total. The van der Waals surface area contributed by atoms with E-state index in [1.165, 1.54) is 7.11 Å². The summed E-state index contributed by atoms with van der Waals surface area (Å²) in [5.74, 6) is -0.492. The Morgan fingerprint density at radius 3 is 2.00 bits per heavy atom. The second kappa shape index (κ2) is 10.1. The predicted molar refractivity (Wildman–Crippen MR) is 93.2 cm³/mol. The molecule has 126 valence electrons. The van der Waals surface area contributed by atoms with E-state index < -0.39 is 5.97 Å². The average Bonchev–Trinajstić information content (AvgIpc) is 2.62. The van der Waals surface area contributed by atoms with Crippen molar-refractivity contribution in [3.05, 3.63) is 71.3 Å². The second-order valence-corrected chi connectivity index (χ2v) is 5.13. The molecule has 4 nitrogen and oxygen atoms in total. The van der Waals surface area contributed by atoms with Crippen LogP contribution in [0, 0.1) is 6.92 Å². The van der Waals surface area contributed by atoms with Crippen LogP contribution in [-0.4, -0.2) is 24.6 Å². The summed E-state index contributed by atoms with van der Waals surface area (Å²) in [6, 6.07) is 16.5. The molecule has 0 fully saturated rings. The molecule has 0 heterocycles. The van der Waals surface area contributed by atoms with E-state index in [4.69, 9.17) is 0 Å². The highest BCUT2D eigenvalue weighted by atomic mass is 16.5. The van der Waals surface area contributed by atoms with Crippen molar-refractivity contribution in [3.8, 4) is 0 Å². The molecule has 0 unspecified atom stereocenters. The van der Waals surface area contributed by atoms with Crippen LogP contribution >= 0.6 is 0 Å². The van der Waals surface area contributed by atoms with Crippen LogP contribution in [0.1, 0.15) is 46.0 Å². The molecule has 0 aliphatic carbocycles. The summed E-state index contributed by atoms with van der Waals surface area (Å²) < 4.78 is 4.42. The van der Waals surface area contributed by atoms with E-state index in [0.717, 1.165) is 11.1 Å². The maximum atomic E-state index is 11.5. The van der Waals surface area contributed by atoms with Crippen LogP contribution in [0.5, 0.6) is 0 Å². The number of ketones is 2. The summed E-state index contributed by atoms with van der Waals surface area (Å²) >= 11 is 0. The van der Waals surface area contributed by atoms with Gasteiger partial charge in [-0.3, -0.25) is 14.4 Å². The van der Waals surface area contributed by atoms with Crippen molar-refractivity contribution in [2.24, 2.45) is 0 Å². The Kier molecular flexibility index (Phi) is 8.13. The molecular formula is C20H22O4. The number of hydrogen-bond acceptors (Lipinski definition) is 4. The van der Waals surface area contributed by atoms with Gasteiger partial charge < -0.3 is 4.74 Å². The minimum absolute atomic E-state index is 0.193. The fraction of sp³-hybridized carbons (Fsp3) is 0.250. The van der Waals surface area contributed by atoms with Crippen molar-refractivity contribution >= 4 is 17.5 Å². The standard InChI is InChI=1S/C11H12O3.C9H10O/c1-8-5-3-4-6-9(8)10(12)7-11(13)14-2;1-2-9(10)8-6-4-3-5-7-8/h3-6H,7H2,1-2H3;3-7H,2H2,1H3. The van der Waals surface area contributed by atoms with Crippen LogP contribution in [0.15, 0.2) is 54.6 Å². The number of hydrogen-bond donors (Lipinski definition) is 0. The first-order valence-corrected chi connectivity index (χ1v) is 7.73. The molecule has 4 heteroatoms. The lowest BCUT2D eigenvalue weighted by Gasteiger charge is -2.02. The van der Waals surface area contributed by atoms with Crippen LogP contribution in [0.25, 0.3) is 0 Å². The third-order valence-electron chi connectivity index (χ3n) is 3.39. The zero-order valence-corrected chi connectivity index (χ0v) is 14.2. The number of aryl methyl sites for hydroxylation is 1. The molecule has 24 heavy (non-hydrogen) atoms. The van der Waals surface area contributed by atoms with Gasteiger partial charge in [0.2, 0.25) is 0 Å². The van der Waals surface area contributed by atoms with E-state index in [-0.39, 0.29) is 18.0 Å². The average molecular weight is 326 g/mol. The first-order valence-electron chi connectivity index (χ1n) is 7.73. The quantitative estimate of drug-likeness (QED) is 0.473. The van der Waals surface area contributed by atoms with Gasteiger partial charge in [-0.05, 0) is 12.5 Å². The van der Waals surface area contributed by atoms with Crippen LogP contribution in [0.3, 0.4) is 0 Å². The third-order valence-corrected chi connectivity index (χ3v) is 3.39. The van der Waals surface area contributed by atoms with E-state index in [2.05, 4.69) is 4.74 Å². The van der Waals surface area contributed by atoms with Gasteiger partial charge in [-0.15, -0.1) is 0 Å². The first kappa shape index (κ1) is 19.3. The lowest BCUT2D eigenvalue weighted by atomic mass is 10.0. The normalized spacial score (nSPS) is 9.46. The highest BCUT2D eigenvalue weighted by Gasteiger charge is 2.13. The summed E-state index contributed by atoms with van der Waals surface area (Å²) in [4.78, 5) is 33.4. The van der Waals surface area contributed by atoms with Crippen molar-refractivity contribution in [2.75, 3.05) is 7.11 Å². The van der Waals surface area contributed by atoms with Crippen LogP contribution in [0.4, 0.5) is 0 Å². The van der Waals surface area contributed by atoms with E-state index >= 15 is 0 Å². The maximum Gasteiger partial charge on any atom is 0.313 e. The van der Waals surface area contributed by atoms with Crippen molar-refractivity contribution < 1.29 is 19.1 Å². The fourth-order valence-electron chi connectivity index (χ4n) is 2.01. The molecule has 0 radical (unpaired) electrons. The van der Waals surface area contributed by atoms with Crippen LogP contribution in [-0.2, 0) is 9.53 Å². The van der Waals surface area contributed by atoms with Gasteiger partial charge in [0.15, 0.2) is 11.6 Å². The minimum atomic E-state index is -0.502. The maximum absolute atomic E-state index is 11.5. The van der Waals surface area contributed by atoms with Gasteiger partial charge in [-0.1, -0.05) is 61.5 Å². The van der Waals surface area contributed by atoms with Gasteiger partial charge in [0, 0.05) is 17.5 Å². The molecule has 2 aromatic carbocycles. The molecule has 0 aliphatic rings. The number of rotatable bonds is 5. The summed E-state index contributed by atoms with van der Waals surface area (Å²) in [7, 11) is 1.27.